The summed E-state index contributed by atoms with van der Waals surface area (Å²) in [6, 6.07) is 7.17. The number of hydrogen-bond donors (Lipinski definition) is 1. The molecule has 0 fully saturated rings. The van der Waals surface area contributed by atoms with Crippen molar-refractivity contribution in [1.82, 2.24) is 14.5 Å². The summed E-state index contributed by atoms with van der Waals surface area (Å²) in [5.74, 6) is -1.36. The lowest BCUT2D eigenvalue weighted by Crippen LogP contribution is -2.32. The second-order valence-corrected chi connectivity index (χ2v) is 8.90. The van der Waals surface area contributed by atoms with Crippen LogP contribution in [0.4, 0.5) is 0 Å². The van der Waals surface area contributed by atoms with Crippen LogP contribution >= 0.6 is 11.3 Å². The molecule has 1 aliphatic rings. The van der Waals surface area contributed by atoms with Crippen molar-refractivity contribution >= 4 is 33.9 Å². The van der Waals surface area contributed by atoms with Crippen molar-refractivity contribution in [3.05, 3.63) is 62.9 Å². The molecule has 3 aromatic rings. The Morgan fingerprint density at radius 2 is 2.03 bits per heavy atom. The molecule has 0 radical (unpaired) electrons. The van der Waals surface area contributed by atoms with Crippen molar-refractivity contribution in [3.8, 4) is 0 Å². The third-order valence-electron chi connectivity index (χ3n) is 5.63. The van der Waals surface area contributed by atoms with E-state index in [1.165, 1.54) is 11.3 Å². The van der Waals surface area contributed by atoms with Crippen LogP contribution in [0.25, 0.3) is 10.9 Å². The number of rotatable bonds is 7. The molecule has 0 saturated carbocycles. The molecule has 1 aliphatic heterocycles. The number of methoxy groups -OCH3 is 1. The van der Waals surface area contributed by atoms with Crippen LogP contribution in [-0.4, -0.2) is 51.5 Å². The van der Waals surface area contributed by atoms with Gasteiger partial charge in [-0.3, -0.25) is 9.59 Å². The Kier molecular flexibility index (Phi) is 5.68. The number of ketones is 1. The van der Waals surface area contributed by atoms with Gasteiger partial charge in [-0.15, -0.1) is 11.3 Å². The lowest BCUT2D eigenvalue weighted by molar-refractivity contribution is -0.129. The van der Waals surface area contributed by atoms with Gasteiger partial charge in [0.1, 0.15) is 0 Å². The summed E-state index contributed by atoms with van der Waals surface area (Å²) >= 11 is 1.28. The molecule has 162 valence electrons. The van der Waals surface area contributed by atoms with E-state index < -0.39 is 17.7 Å². The molecule has 2 aromatic heterocycles. The monoisotopic (exact) mass is 439 g/mol. The number of aromatic nitrogens is 2. The van der Waals surface area contributed by atoms with Gasteiger partial charge in [-0.05, 0) is 26.3 Å². The summed E-state index contributed by atoms with van der Waals surface area (Å²) in [7, 11) is 3.53. The molecule has 8 heteroatoms. The van der Waals surface area contributed by atoms with E-state index in [9.17, 15) is 14.7 Å². The molecule has 0 spiro atoms. The Morgan fingerprint density at radius 1 is 1.29 bits per heavy atom. The van der Waals surface area contributed by atoms with Crippen LogP contribution in [0.3, 0.4) is 0 Å². The summed E-state index contributed by atoms with van der Waals surface area (Å²) < 4.78 is 7.12. The number of ether oxygens (including phenoxy) is 1. The Labute approximate surface area is 184 Å². The third kappa shape index (κ3) is 3.55. The Bertz CT molecular complexity index is 1210. The molecule has 31 heavy (non-hydrogen) atoms. The fourth-order valence-electron chi connectivity index (χ4n) is 4.27. The number of amides is 1. The average Bonchev–Trinajstić information content (AvgIpc) is 3.34. The highest BCUT2D eigenvalue weighted by molar-refractivity contribution is 7.14. The number of aryl methyl sites for hydroxylation is 3. The van der Waals surface area contributed by atoms with E-state index in [4.69, 9.17) is 4.74 Å². The Morgan fingerprint density at radius 3 is 2.71 bits per heavy atom. The first-order valence-corrected chi connectivity index (χ1v) is 10.9. The van der Waals surface area contributed by atoms with Crippen molar-refractivity contribution in [1.29, 1.82) is 0 Å². The maximum absolute atomic E-state index is 13.6. The number of carbonyl (C=O) groups is 2. The summed E-state index contributed by atoms with van der Waals surface area (Å²) in [6.45, 7) is 4.45. The Hall–Kier alpha value is -2.97. The zero-order valence-electron chi connectivity index (χ0n) is 18.0. The van der Waals surface area contributed by atoms with Gasteiger partial charge in [-0.1, -0.05) is 18.2 Å². The molecule has 4 rings (SSSR count). The van der Waals surface area contributed by atoms with Gasteiger partial charge in [0.05, 0.1) is 27.2 Å². The van der Waals surface area contributed by atoms with Crippen LogP contribution < -0.4 is 0 Å². The van der Waals surface area contributed by atoms with Gasteiger partial charge in [0.2, 0.25) is 5.78 Å². The van der Waals surface area contributed by atoms with Gasteiger partial charge in [0.25, 0.3) is 5.91 Å². The second-order valence-electron chi connectivity index (χ2n) is 7.70. The lowest BCUT2D eigenvalue weighted by atomic mass is 9.94. The highest BCUT2D eigenvalue weighted by Gasteiger charge is 2.45. The molecule has 1 atom stereocenters. The van der Waals surface area contributed by atoms with E-state index in [0.717, 1.165) is 21.5 Å². The van der Waals surface area contributed by atoms with Crippen molar-refractivity contribution < 1.29 is 19.4 Å². The SMILES string of the molecule is COCCCN1C(=O)C(O)=C(C(=O)c2sc(C)nc2C)C1c1cn(C)c2ccccc12. The minimum absolute atomic E-state index is 0.116. The lowest BCUT2D eigenvalue weighted by Gasteiger charge is -2.26. The minimum Gasteiger partial charge on any atom is -0.503 e. The summed E-state index contributed by atoms with van der Waals surface area (Å²) in [4.78, 5) is 33.0. The maximum atomic E-state index is 13.6. The number of carbonyl (C=O) groups excluding carboxylic acids is 2. The van der Waals surface area contributed by atoms with Crippen molar-refractivity contribution in [2.45, 2.75) is 26.3 Å². The van der Waals surface area contributed by atoms with Crippen LogP contribution in [0.5, 0.6) is 0 Å². The molecule has 0 aliphatic carbocycles. The van der Waals surface area contributed by atoms with Crippen LogP contribution in [-0.2, 0) is 16.6 Å². The summed E-state index contributed by atoms with van der Waals surface area (Å²) in [5, 5.41) is 12.5. The molecule has 7 nitrogen and oxygen atoms in total. The molecule has 1 N–H and O–H groups in total. The first kappa shape index (κ1) is 21.3. The van der Waals surface area contributed by atoms with E-state index in [0.29, 0.717) is 30.1 Å². The number of para-hydroxylation sites is 1. The van der Waals surface area contributed by atoms with Gasteiger partial charge >= 0.3 is 0 Å². The third-order valence-corrected chi connectivity index (χ3v) is 6.70. The average molecular weight is 440 g/mol. The van der Waals surface area contributed by atoms with Gasteiger partial charge in [-0.25, -0.2) is 4.98 Å². The number of aliphatic hydroxyl groups excluding tert-OH is 1. The van der Waals surface area contributed by atoms with E-state index >= 15 is 0 Å². The molecule has 1 unspecified atom stereocenters. The quantitative estimate of drug-likeness (QED) is 0.446. The van der Waals surface area contributed by atoms with Crippen LogP contribution in [0.15, 0.2) is 41.8 Å². The van der Waals surface area contributed by atoms with Crippen molar-refractivity contribution in [3.63, 3.8) is 0 Å². The minimum atomic E-state index is -0.676. The second kappa shape index (κ2) is 8.28. The number of thiazole rings is 1. The zero-order valence-corrected chi connectivity index (χ0v) is 18.8. The highest BCUT2D eigenvalue weighted by atomic mass is 32.1. The van der Waals surface area contributed by atoms with Crippen LogP contribution in [0.1, 0.15) is 38.4 Å². The summed E-state index contributed by atoms with van der Waals surface area (Å²) in [6.07, 6.45) is 2.53. The van der Waals surface area contributed by atoms with E-state index in [1.54, 1.807) is 18.9 Å². The fraction of sp³-hybridized carbons (Fsp3) is 0.348. The number of nitrogens with zero attached hydrogens (tertiary/aromatic N) is 3. The molecular formula is C23H25N3O4S. The fourth-order valence-corrected chi connectivity index (χ4v) is 5.15. The zero-order chi connectivity index (χ0) is 22.3. The largest absolute Gasteiger partial charge is 0.503 e. The first-order valence-electron chi connectivity index (χ1n) is 10.1. The first-order chi connectivity index (χ1) is 14.8. The van der Waals surface area contributed by atoms with Crippen LogP contribution in [0, 0.1) is 13.8 Å². The van der Waals surface area contributed by atoms with Gasteiger partial charge in [0, 0.05) is 50.0 Å². The highest BCUT2D eigenvalue weighted by Crippen LogP contribution is 2.42. The molecular weight excluding hydrogens is 414 g/mol. The predicted octanol–water partition coefficient (Wildman–Crippen LogP) is 3.87. The van der Waals surface area contributed by atoms with E-state index in [2.05, 4.69) is 4.98 Å². The van der Waals surface area contributed by atoms with Gasteiger partial charge < -0.3 is 19.3 Å². The number of hydrogen-bond acceptors (Lipinski definition) is 6. The number of aliphatic hydroxyl groups is 1. The predicted molar refractivity (Wildman–Crippen MR) is 119 cm³/mol. The number of fused-ring (bicyclic) bond motifs is 1. The van der Waals surface area contributed by atoms with Gasteiger partial charge in [-0.2, -0.15) is 0 Å². The number of Topliss-reactive ketones (excluding diaryl/α,β-unsaturated/α-hetero) is 1. The number of benzene rings is 1. The maximum Gasteiger partial charge on any atom is 0.290 e. The van der Waals surface area contributed by atoms with Crippen molar-refractivity contribution in [2.24, 2.45) is 7.05 Å². The Balaban J connectivity index is 1.87. The molecule has 1 aromatic carbocycles. The van der Waals surface area contributed by atoms with E-state index in [1.807, 2.05) is 49.0 Å². The van der Waals surface area contributed by atoms with Crippen molar-refractivity contribution in [2.75, 3.05) is 20.3 Å². The normalized spacial score (nSPS) is 16.7. The molecule has 3 heterocycles. The smallest absolute Gasteiger partial charge is 0.290 e. The topological polar surface area (TPSA) is 84.7 Å². The summed E-state index contributed by atoms with van der Waals surface area (Å²) in [5.41, 5.74) is 2.53. The van der Waals surface area contributed by atoms with Gasteiger partial charge in [0.15, 0.2) is 5.76 Å². The standard InChI is InChI=1S/C23H25N3O4S/c1-13-22(31-14(2)24-13)20(27)18-19(26(10-7-11-30-4)23(29)21(18)28)16-12-25(3)17-9-6-5-8-15(16)17/h5-6,8-9,12,19,28H,7,10-11H2,1-4H3. The van der Waals surface area contributed by atoms with Crippen LogP contribution in [0.2, 0.25) is 0 Å². The molecule has 0 saturated heterocycles. The van der Waals surface area contributed by atoms with E-state index in [-0.39, 0.29) is 11.4 Å². The molecule has 1 amide bonds. The molecule has 0 bridgehead atoms.